The maximum Gasteiger partial charge on any atom is 0.217 e. The first-order chi connectivity index (χ1) is 18.0. The zero-order valence-corrected chi connectivity index (χ0v) is 21.0. The van der Waals surface area contributed by atoms with Crippen LogP contribution in [0.5, 0.6) is 17.2 Å². The van der Waals surface area contributed by atoms with Gasteiger partial charge in [-0.25, -0.2) is 0 Å². The highest BCUT2D eigenvalue weighted by molar-refractivity contribution is 5.98. The molecular formula is C30H31N2O5+. The monoisotopic (exact) mass is 499 g/mol. The van der Waals surface area contributed by atoms with E-state index in [2.05, 4.69) is 17.5 Å². The van der Waals surface area contributed by atoms with E-state index in [-0.39, 0.29) is 23.5 Å². The number of ketones is 1. The first-order valence-electron chi connectivity index (χ1n) is 13.2. The van der Waals surface area contributed by atoms with Gasteiger partial charge in [0.25, 0.3) is 0 Å². The van der Waals surface area contributed by atoms with Crippen molar-refractivity contribution in [2.24, 2.45) is 5.92 Å². The van der Waals surface area contributed by atoms with Crippen LogP contribution in [0, 0.1) is 5.92 Å². The zero-order valence-electron chi connectivity index (χ0n) is 21.0. The highest BCUT2D eigenvalue weighted by Crippen LogP contribution is 2.64. The van der Waals surface area contributed by atoms with Crippen molar-refractivity contribution in [2.75, 3.05) is 38.2 Å². The molecule has 5 aliphatic rings. The third kappa shape index (κ3) is 2.98. The number of allylic oxidation sites excluding steroid dienone is 2. The summed E-state index contributed by atoms with van der Waals surface area (Å²) in [5, 5.41) is 14.2. The number of aldehydes is 1. The van der Waals surface area contributed by atoms with Gasteiger partial charge in [0.05, 0.1) is 30.9 Å². The molecule has 2 fully saturated rings. The first-order valence-corrected chi connectivity index (χ1v) is 13.2. The van der Waals surface area contributed by atoms with Crippen molar-refractivity contribution in [1.82, 2.24) is 0 Å². The number of hydrogen-bond donors (Lipinski definition) is 2. The molecule has 7 heteroatoms. The summed E-state index contributed by atoms with van der Waals surface area (Å²) in [5.41, 5.74) is 4.96. The Morgan fingerprint density at radius 1 is 1.22 bits per heavy atom. The van der Waals surface area contributed by atoms with E-state index in [0.29, 0.717) is 47.0 Å². The Labute approximate surface area is 216 Å². The lowest BCUT2D eigenvalue weighted by Gasteiger charge is -2.53. The summed E-state index contributed by atoms with van der Waals surface area (Å²) >= 11 is 0. The SMILES string of the molecule is C/C=C1/C[N@+]2(CC(=O)c3ccc4c(c3)OCCCO4)CC[C@]34C(=C(C=O)[C@H]1C[C@@H]32)Nc1c(O)cccc14. The lowest BCUT2D eigenvalue weighted by atomic mass is 9.61. The van der Waals surface area contributed by atoms with Gasteiger partial charge < -0.3 is 24.4 Å². The quantitative estimate of drug-likeness (QED) is 0.216. The van der Waals surface area contributed by atoms with E-state index in [4.69, 9.17) is 9.47 Å². The van der Waals surface area contributed by atoms with Crippen molar-refractivity contribution in [3.8, 4) is 17.2 Å². The van der Waals surface area contributed by atoms with E-state index in [0.717, 1.165) is 55.5 Å². The molecule has 2 N–H and O–H groups in total. The molecule has 2 saturated heterocycles. The smallest absolute Gasteiger partial charge is 0.217 e. The maximum atomic E-state index is 13.9. The molecule has 0 radical (unpaired) electrons. The number of benzene rings is 2. The topological polar surface area (TPSA) is 84.9 Å². The number of carbonyl (C=O) groups excluding carboxylic acids is 2. The van der Waals surface area contributed by atoms with Gasteiger partial charge in [-0.15, -0.1) is 0 Å². The number of ether oxygens (including phenoxy) is 2. The molecule has 0 unspecified atom stereocenters. The molecule has 0 amide bonds. The van der Waals surface area contributed by atoms with Crippen LogP contribution in [0.15, 0.2) is 59.3 Å². The minimum Gasteiger partial charge on any atom is -0.506 e. The van der Waals surface area contributed by atoms with Gasteiger partial charge in [0.1, 0.15) is 31.2 Å². The third-order valence-electron chi connectivity index (χ3n) is 9.49. The number of carbonyl (C=O) groups is 2. The minimum absolute atomic E-state index is 0.0390. The number of anilines is 1. The number of fused-ring (bicyclic) bond motifs is 3. The van der Waals surface area contributed by atoms with Gasteiger partial charge in [0.15, 0.2) is 11.5 Å². The number of phenols is 1. The van der Waals surface area contributed by atoms with Crippen molar-refractivity contribution in [1.29, 1.82) is 0 Å². The Balaban J connectivity index is 1.33. The van der Waals surface area contributed by atoms with Crippen LogP contribution in [-0.4, -0.2) is 60.5 Å². The standard InChI is InChI=1S/C30H30N2O5/c1-2-18-15-32(16-24(35)19-7-8-25-26(13-19)37-12-4-11-36-25)10-9-30-22-5-3-6-23(34)28(22)31-29(30)21(17-33)20(18)14-27(30)32/h2-3,5-8,13,17,20,27H,4,9-12,14-16H2,1H3,(H-,31,33,34)/p+1/b18-2-/t20-,27-,30+,32-/m0/s1. The zero-order chi connectivity index (χ0) is 25.4. The third-order valence-corrected chi connectivity index (χ3v) is 9.49. The molecule has 190 valence electrons. The van der Waals surface area contributed by atoms with Gasteiger partial charge in [0, 0.05) is 42.0 Å². The van der Waals surface area contributed by atoms with Crippen LogP contribution >= 0.6 is 0 Å². The van der Waals surface area contributed by atoms with Crippen LogP contribution in [0.25, 0.3) is 0 Å². The number of nitrogens with one attached hydrogen (secondary N) is 1. The molecule has 4 heterocycles. The van der Waals surface area contributed by atoms with Gasteiger partial charge in [-0.2, -0.15) is 0 Å². The molecular weight excluding hydrogens is 468 g/mol. The maximum absolute atomic E-state index is 13.9. The Bertz CT molecular complexity index is 1410. The predicted molar refractivity (Wildman–Crippen MR) is 138 cm³/mol. The van der Waals surface area contributed by atoms with E-state index in [1.807, 2.05) is 31.2 Å². The number of quaternary nitrogens is 1. The molecule has 2 bridgehead atoms. The van der Waals surface area contributed by atoms with E-state index >= 15 is 0 Å². The fourth-order valence-electron chi connectivity index (χ4n) is 7.90. The molecule has 7 rings (SSSR count). The van der Waals surface area contributed by atoms with Crippen molar-refractivity contribution in [2.45, 2.75) is 37.6 Å². The summed E-state index contributed by atoms with van der Waals surface area (Å²) in [6, 6.07) is 11.3. The summed E-state index contributed by atoms with van der Waals surface area (Å²) in [5.74, 6) is 1.66. The second-order valence-electron chi connectivity index (χ2n) is 11.1. The lowest BCUT2D eigenvalue weighted by Crippen LogP contribution is -2.64. The highest BCUT2D eigenvalue weighted by atomic mass is 16.5. The summed E-state index contributed by atoms with van der Waals surface area (Å²) in [6.45, 7) is 5.19. The number of phenolic OH excluding ortho intramolecular Hbond substituents is 1. The van der Waals surface area contributed by atoms with E-state index in [1.165, 1.54) is 5.57 Å². The van der Waals surface area contributed by atoms with Crippen molar-refractivity contribution < 1.29 is 28.7 Å². The fourth-order valence-corrected chi connectivity index (χ4v) is 7.90. The first kappa shape index (κ1) is 22.6. The lowest BCUT2D eigenvalue weighted by molar-refractivity contribution is -0.934. The molecule has 2 aromatic carbocycles. The van der Waals surface area contributed by atoms with Gasteiger partial charge in [-0.1, -0.05) is 18.2 Å². The number of hydrogen-bond acceptors (Lipinski definition) is 6. The van der Waals surface area contributed by atoms with Gasteiger partial charge >= 0.3 is 0 Å². The fraction of sp³-hybridized carbons (Fsp3) is 0.400. The van der Waals surface area contributed by atoms with Crippen LogP contribution in [-0.2, 0) is 10.2 Å². The van der Waals surface area contributed by atoms with Crippen molar-refractivity contribution >= 4 is 17.8 Å². The molecule has 4 aliphatic heterocycles. The number of nitrogens with zero attached hydrogens (tertiary/aromatic N) is 1. The van der Waals surface area contributed by atoms with Crippen LogP contribution in [0.3, 0.4) is 0 Å². The summed E-state index contributed by atoms with van der Waals surface area (Å²) < 4.78 is 12.3. The van der Waals surface area contributed by atoms with E-state index < -0.39 is 5.41 Å². The number of rotatable bonds is 4. The molecule has 1 spiro atoms. The highest BCUT2D eigenvalue weighted by Gasteiger charge is 2.69. The van der Waals surface area contributed by atoms with Crippen LogP contribution < -0.4 is 14.8 Å². The number of para-hydroxylation sites is 1. The number of aromatic hydroxyl groups is 1. The molecule has 2 aromatic rings. The Kier molecular flexibility index (Phi) is 4.86. The second kappa shape index (κ2) is 7.96. The molecule has 7 nitrogen and oxygen atoms in total. The number of piperidine rings is 1. The van der Waals surface area contributed by atoms with E-state index in [1.54, 1.807) is 6.07 Å². The van der Waals surface area contributed by atoms with Gasteiger partial charge in [-0.3, -0.25) is 9.59 Å². The Hall–Kier alpha value is -3.58. The Morgan fingerprint density at radius 2 is 2.05 bits per heavy atom. The second-order valence-corrected chi connectivity index (χ2v) is 11.1. The van der Waals surface area contributed by atoms with Crippen LogP contribution in [0.2, 0.25) is 0 Å². The minimum atomic E-state index is -0.398. The predicted octanol–water partition coefficient (Wildman–Crippen LogP) is 4.12. The summed E-state index contributed by atoms with van der Waals surface area (Å²) in [7, 11) is 0. The van der Waals surface area contributed by atoms with Gasteiger partial charge in [-0.05, 0) is 42.3 Å². The molecule has 0 aromatic heterocycles. The molecule has 0 saturated carbocycles. The average molecular weight is 500 g/mol. The largest absolute Gasteiger partial charge is 0.506 e. The molecule has 1 aliphatic carbocycles. The summed E-state index contributed by atoms with van der Waals surface area (Å²) in [6.07, 6.45) is 5.61. The van der Waals surface area contributed by atoms with Crippen molar-refractivity contribution in [3.63, 3.8) is 0 Å². The van der Waals surface area contributed by atoms with E-state index in [9.17, 15) is 14.7 Å². The normalized spacial score (nSPS) is 31.9. The van der Waals surface area contributed by atoms with Crippen molar-refractivity contribution in [3.05, 3.63) is 70.4 Å². The molecule has 37 heavy (non-hydrogen) atoms. The van der Waals surface area contributed by atoms with Crippen LogP contribution in [0.1, 0.15) is 42.1 Å². The molecule has 4 atom stereocenters. The average Bonchev–Trinajstić information content (AvgIpc) is 3.32. The Morgan fingerprint density at radius 3 is 2.86 bits per heavy atom. The van der Waals surface area contributed by atoms with Gasteiger partial charge in [0.2, 0.25) is 5.78 Å². The number of Topliss-reactive ketones (excluding diaryl/α,β-unsaturated/α-hetero) is 1. The van der Waals surface area contributed by atoms with Crippen LogP contribution in [0.4, 0.5) is 5.69 Å². The summed E-state index contributed by atoms with van der Waals surface area (Å²) in [4.78, 5) is 26.4.